The molecule has 116 valence electrons. The van der Waals surface area contributed by atoms with E-state index in [0.29, 0.717) is 22.9 Å². The molecular formula is C15H22Cl2N4. The largest absolute Gasteiger partial charge is 0.308 e. The zero-order valence-corrected chi connectivity index (χ0v) is 14.5. The summed E-state index contributed by atoms with van der Waals surface area (Å²) in [6, 6.07) is 2.17. The van der Waals surface area contributed by atoms with Crippen molar-refractivity contribution in [2.45, 2.75) is 26.3 Å². The van der Waals surface area contributed by atoms with Gasteiger partial charge in [-0.25, -0.2) is 9.97 Å². The number of alkyl halides is 1. The van der Waals surface area contributed by atoms with E-state index in [-0.39, 0.29) is 0 Å². The van der Waals surface area contributed by atoms with Crippen LogP contribution in [0.15, 0.2) is 12.3 Å². The van der Waals surface area contributed by atoms with Crippen LogP contribution in [-0.4, -0.2) is 46.0 Å². The molecule has 0 saturated heterocycles. The number of aromatic nitrogens is 3. The molecule has 4 nitrogen and oxygen atoms in total. The molecule has 2 aromatic heterocycles. The average Bonchev–Trinajstić information content (AvgIpc) is 2.73. The fourth-order valence-corrected chi connectivity index (χ4v) is 2.90. The second kappa shape index (κ2) is 6.95. The summed E-state index contributed by atoms with van der Waals surface area (Å²) in [4.78, 5) is 11.4. The zero-order valence-electron chi connectivity index (χ0n) is 13.0. The van der Waals surface area contributed by atoms with E-state index in [1.165, 1.54) is 0 Å². The Hall–Kier alpha value is -0.840. The van der Waals surface area contributed by atoms with Gasteiger partial charge in [0.15, 0.2) is 5.65 Å². The lowest BCUT2D eigenvalue weighted by Gasteiger charge is -2.27. The lowest BCUT2D eigenvalue weighted by atomic mass is 10.0. The molecule has 0 amide bonds. The second-order valence-corrected chi connectivity index (χ2v) is 6.72. The summed E-state index contributed by atoms with van der Waals surface area (Å²) in [5.74, 6) is 2.00. The monoisotopic (exact) mass is 328 g/mol. The van der Waals surface area contributed by atoms with Crippen molar-refractivity contribution in [1.82, 2.24) is 19.4 Å². The van der Waals surface area contributed by atoms with Crippen molar-refractivity contribution in [2.24, 2.45) is 5.92 Å². The standard InChI is InChI=1S/C15H22Cl2N4/c1-10(2)13(9-20(3)4)21-14(5-6-16)19-12-7-11(17)8-18-15(12)21/h7-8,10,13H,5-6,9H2,1-4H3. The van der Waals surface area contributed by atoms with Crippen LogP contribution < -0.4 is 0 Å². The fourth-order valence-electron chi connectivity index (χ4n) is 2.58. The maximum absolute atomic E-state index is 6.04. The minimum Gasteiger partial charge on any atom is -0.308 e. The number of hydrogen-bond acceptors (Lipinski definition) is 3. The van der Waals surface area contributed by atoms with Crippen molar-refractivity contribution in [3.05, 3.63) is 23.1 Å². The molecule has 0 aromatic carbocycles. The van der Waals surface area contributed by atoms with Gasteiger partial charge in [-0.05, 0) is 26.1 Å². The summed E-state index contributed by atoms with van der Waals surface area (Å²) in [7, 11) is 4.17. The van der Waals surface area contributed by atoms with E-state index >= 15 is 0 Å². The molecule has 0 aliphatic carbocycles. The molecule has 0 saturated carbocycles. The van der Waals surface area contributed by atoms with Crippen molar-refractivity contribution >= 4 is 34.4 Å². The Morgan fingerprint density at radius 3 is 2.62 bits per heavy atom. The third-order valence-electron chi connectivity index (χ3n) is 3.54. The molecule has 2 heterocycles. The Labute approximate surface area is 136 Å². The molecule has 0 radical (unpaired) electrons. The van der Waals surface area contributed by atoms with Crippen LogP contribution in [0.1, 0.15) is 25.7 Å². The van der Waals surface area contributed by atoms with E-state index in [1.807, 2.05) is 6.07 Å². The highest BCUT2D eigenvalue weighted by Crippen LogP contribution is 2.27. The maximum atomic E-state index is 6.04. The van der Waals surface area contributed by atoms with Crippen LogP contribution in [0.5, 0.6) is 0 Å². The van der Waals surface area contributed by atoms with Crippen LogP contribution >= 0.6 is 23.2 Å². The predicted molar refractivity (Wildman–Crippen MR) is 89.4 cm³/mol. The first-order valence-corrected chi connectivity index (χ1v) is 8.08. The number of pyridine rings is 1. The third-order valence-corrected chi connectivity index (χ3v) is 3.94. The summed E-state index contributed by atoms with van der Waals surface area (Å²) in [6.45, 7) is 5.38. The lowest BCUT2D eigenvalue weighted by Crippen LogP contribution is -2.29. The van der Waals surface area contributed by atoms with E-state index in [2.05, 4.69) is 47.4 Å². The molecule has 21 heavy (non-hydrogen) atoms. The van der Waals surface area contributed by atoms with Crippen molar-refractivity contribution in [1.29, 1.82) is 0 Å². The molecular weight excluding hydrogens is 307 g/mol. The van der Waals surface area contributed by atoms with Gasteiger partial charge in [0, 0.05) is 25.0 Å². The molecule has 2 rings (SSSR count). The number of fused-ring (bicyclic) bond motifs is 1. The number of rotatable bonds is 6. The first-order chi connectivity index (χ1) is 9.93. The quantitative estimate of drug-likeness (QED) is 0.759. The predicted octanol–water partition coefficient (Wildman–Crippen LogP) is 3.62. The second-order valence-electron chi connectivity index (χ2n) is 5.91. The number of likely N-dealkylation sites (N-methyl/N-ethyl adjacent to an activating group) is 1. The van der Waals surface area contributed by atoms with Crippen molar-refractivity contribution in [2.75, 3.05) is 26.5 Å². The highest BCUT2D eigenvalue weighted by molar-refractivity contribution is 6.31. The Balaban J connectivity index is 2.59. The molecule has 6 heteroatoms. The number of halogens is 2. The minimum absolute atomic E-state index is 0.303. The molecule has 2 aromatic rings. The van der Waals surface area contributed by atoms with E-state index in [0.717, 1.165) is 30.0 Å². The van der Waals surface area contributed by atoms with Crippen LogP contribution in [0.25, 0.3) is 11.2 Å². The summed E-state index contributed by atoms with van der Waals surface area (Å²) in [5, 5.41) is 0.610. The number of imidazole rings is 1. The molecule has 0 fully saturated rings. The van der Waals surface area contributed by atoms with Gasteiger partial charge in [-0.1, -0.05) is 25.4 Å². The number of hydrogen-bond donors (Lipinski definition) is 0. The molecule has 1 atom stereocenters. The number of aryl methyl sites for hydroxylation is 1. The Kier molecular flexibility index (Phi) is 5.47. The van der Waals surface area contributed by atoms with E-state index < -0.39 is 0 Å². The summed E-state index contributed by atoms with van der Waals surface area (Å²) in [6.07, 6.45) is 2.41. The van der Waals surface area contributed by atoms with Gasteiger partial charge in [-0.3, -0.25) is 0 Å². The first-order valence-electron chi connectivity index (χ1n) is 7.17. The van der Waals surface area contributed by atoms with Crippen LogP contribution in [-0.2, 0) is 6.42 Å². The zero-order chi connectivity index (χ0) is 15.6. The highest BCUT2D eigenvalue weighted by atomic mass is 35.5. The maximum Gasteiger partial charge on any atom is 0.160 e. The van der Waals surface area contributed by atoms with Gasteiger partial charge in [0.05, 0.1) is 11.1 Å². The summed E-state index contributed by atoms with van der Waals surface area (Å²) < 4.78 is 2.23. The Bertz CT molecular complexity index is 607. The van der Waals surface area contributed by atoms with Gasteiger partial charge < -0.3 is 9.47 Å². The third kappa shape index (κ3) is 3.68. The van der Waals surface area contributed by atoms with Crippen molar-refractivity contribution in [3.8, 4) is 0 Å². The highest BCUT2D eigenvalue weighted by Gasteiger charge is 2.23. The molecule has 0 N–H and O–H groups in total. The van der Waals surface area contributed by atoms with E-state index in [9.17, 15) is 0 Å². The lowest BCUT2D eigenvalue weighted by molar-refractivity contribution is 0.269. The molecule has 0 spiro atoms. The molecule has 1 unspecified atom stereocenters. The average molecular weight is 329 g/mol. The Morgan fingerprint density at radius 2 is 2.05 bits per heavy atom. The number of nitrogens with zero attached hydrogens (tertiary/aromatic N) is 4. The van der Waals surface area contributed by atoms with Gasteiger partial charge in [0.25, 0.3) is 0 Å². The van der Waals surface area contributed by atoms with E-state index in [1.54, 1.807) is 6.20 Å². The van der Waals surface area contributed by atoms with Crippen molar-refractivity contribution < 1.29 is 0 Å². The molecule has 0 bridgehead atoms. The smallest absolute Gasteiger partial charge is 0.160 e. The first kappa shape index (κ1) is 16.5. The van der Waals surface area contributed by atoms with Crippen LogP contribution in [0.2, 0.25) is 5.02 Å². The van der Waals surface area contributed by atoms with Crippen molar-refractivity contribution in [3.63, 3.8) is 0 Å². The summed E-state index contributed by atoms with van der Waals surface area (Å²) in [5.41, 5.74) is 1.73. The van der Waals surface area contributed by atoms with E-state index in [4.69, 9.17) is 23.2 Å². The molecule has 0 aliphatic rings. The van der Waals surface area contributed by atoms with Crippen LogP contribution in [0.3, 0.4) is 0 Å². The minimum atomic E-state index is 0.303. The molecule has 0 aliphatic heterocycles. The van der Waals surface area contributed by atoms with Crippen LogP contribution in [0.4, 0.5) is 0 Å². The van der Waals surface area contributed by atoms with Gasteiger partial charge in [-0.15, -0.1) is 11.6 Å². The fraction of sp³-hybridized carbons (Fsp3) is 0.600. The van der Waals surface area contributed by atoms with Gasteiger partial charge in [0.1, 0.15) is 11.3 Å². The van der Waals surface area contributed by atoms with Gasteiger partial charge in [0.2, 0.25) is 0 Å². The van der Waals surface area contributed by atoms with Gasteiger partial charge >= 0.3 is 0 Å². The van der Waals surface area contributed by atoms with Gasteiger partial charge in [-0.2, -0.15) is 0 Å². The Morgan fingerprint density at radius 1 is 1.33 bits per heavy atom. The van der Waals surface area contributed by atoms with Crippen LogP contribution in [0, 0.1) is 5.92 Å². The topological polar surface area (TPSA) is 34.0 Å². The summed E-state index contributed by atoms with van der Waals surface area (Å²) >= 11 is 12.0. The normalized spacial score (nSPS) is 13.5. The SMILES string of the molecule is CC(C)C(CN(C)C)n1c(CCCl)nc2cc(Cl)cnc21.